The first-order chi connectivity index (χ1) is 4.85. The molecular formula is C9H25N. The number of hydrogen-bond donors (Lipinski definition) is 1. The molecule has 1 heteroatoms. The van der Waals surface area contributed by atoms with Gasteiger partial charge in [0.05, 0.1) is 0 Å². The van der Waals surface area contributed by atoms with Gasteiger partial charge in [-0.15, -0.1) is 0 Å². The predicted molar refractivity (Wildman–Crippen MR) is 51.2 cm³/mol. The Morgan fingerprint density at radius 1 is 1.30 bits per heavy atom. The van der Waals surface area contributed by atoms with Crippen molar-refractivity contribution in [2.75, 3.05) is 6.54 Å². The molecule has 1 atom stereocenters. The van der Waals surface area contributed by atoms with Gasteiger partial charge in [-0.25, -0.2) is 0 Å². The van der Waals surface area contributed by atoms with Crippen LogP contribution < -0.4 is 5.73 Å². The Balaban J connectivity index is -0.000000196. The fourth-order valence-corrected chi connectivity index (χ4v) is 0.897. The van der Waals surface area contributed by atoms with Crippen molar-refractivity contribution in [2.45, 2.75) is 47.0 Å². The van der Waals surface area contributed by atoms with Crippen LogP contribution in [0.2, 0.25) is 0 Å². The first kappa shape index (κ1) is 12.6. The SMILES string of the molecule is CC.CCCC(CC)CN.[HH]. The van der Waals surface area contributed by atoms with Crippen LogP contribution in [0.25, 0.3) is 0 Å². The second-order valence-electron chi connectivity index (χ2n) is 2.30. The van der Waals surface area contributed by atoms with E-state index in [0.717, 1.165) is 12.5 Å². The Morgan fingerprint density at radius 2 is 1.80 bits per heavy atom. The molecule has 0 aromatic heterocycles. The molecule has 2 N–H and O–H groups in total. The van der Waals surface area contributed by atoms with Crippen molar-refractivity contribution in [3.05, 3.63) is 0 Å². The van der Waals surface area contributed by atoms with Gasteiger partial charge in [-0.2, -0.15) is 0 Å². The molecule has 0 saturated carbocycles. The van der Waals surface area contributed by atoms with E-state index in [1.165, 1.54) is 19.3 Å². The highest BCUT2D eigenvalue weighted by Crippen LogP contribution is 2.07. The summed E-state index contributed by atoms with van der Waals surface area (Å²) in [5, 5.41) is 0. The smallest absolute Gasteiger partial charge is 0 e. The van der Waals surface area contributed by atoms with Crippen molar-refractivity contribution in [1.82, 2.24) is 0 Å². The van der Waals surface area contributed by atoms with E-state index >= 15 is 0 Å². The van der Waals surface area contributed by atoms with Crippen molar-refractivity contribution >= 4 is 0 Å². The fourth-order valence-electron chi connectivity index (χ4n) is 0.897. The van der Waals surface area contributed by atoms with Crippen LogP contribution in [0, 0.1) is 5.92 Å². The molecule has 0 aliphatic rings. The van der Waals surface area contributed by atoms with Crippen LogP contribution in [0.15, 0.2) is 0 Å². The van der Waals surface area contributed by atoms with E-state index in [0.29, 0.717) is 0 Å². The van der Waals surface area contributed by atoms with Crippen LogP contribution in [0.1, 0.15) is 48.4 Å². The molecule has 0 fully saturated rings. The fraction of sp³-hybridized carbons (Fsp3) is 1.00. The van der Waals surface area contributed by atoms with E-state index in [1.807, 2.05) is 13.8 Å². The molecule has 0 radical (unpaired) electrons. The Morgan fingerprint density at radius 3 is 1.90 bits per heavy atom. The molecular weight excluding hydrogens is 122 g/mol. The van der Waals surface area contributed by atoms with Crippen LogP contribution in [0.5, 0.6) is 0 Å². The summed E-state index contributed by atoms with van der Waals surface area (Å²) in [5.74, 6) is 0.778. The maximum atomic E-state index is 5.47. The standard InChI is InChI=1S/C7H17N.C2H6.H2/c1-3-5-7(4-2)6-8;1-2;/h7H,3-6,8H2,1-2H3;1-2H3;1H. The maximum absolute atomic E-state index is 5.47. The van der Waals surface area contributed by atoms with Crippen LogP contribution in [0.4, 0.5) is 0 Å². The molecule has 0 heterocycles. The van der Waals surface area contributed by atoms with Crippen molar-refractivity contribution in [1.29, 1.82) is 0 Å². The normalized spacial score (nSPS) is 11.7. The molecule has 0 saturated heterocycles. The monoisotopic (exact) mass is 147 g/mol. The lowest BCUT2D eigenvalue weighted by atomic mass is 10.0. The third-order valence-electron chi connectivity index (χ3n) is 1.61. The molecule has 1 nitrogen and oxygen atoms in total. The molecule has 0 rings (SSSR count). The number of hydrogen-bond acceptors (Lipinski definition) is 1. The summed E-state index contributed by atoms with van der Waals surface area (Å²) >= 11 is 0. The summed E-state index contributed by atoms with van der Waals surface area (Å²) in [6.45, 7) is 9.27. The van der Waals surface area contributed by atoms with Gasteiger partial charge >= 0.3 is 0 Å². The molecule has 0 spiro atoms. The zero-order valence-electron chi connectivity index (χ0n) is 7.98. The summed E-state index contributed by atoms with van der Waals surface area (Å²) in [6, 6.07) is 0. The van der Waals surface area contributed by atoms with Gasteiger partial charge < -0.3 is 5.73 Å². The van der Waals surface area contributed by atoms with Crippen molar-refractivity contribution in [3.8, 4) is 0 Å². The molecule has 0 aromatic rings. The van der Waals surface area contributed by atoms with Gasteiger partial charge in [-0.05, 0) is 18.9 Å². The van der Waals surface area contributed by atoms with Gasteiger partial charge in [0.25, 0.3) is 0 Å². The molecule has 0 aliphatic carbocycles. The first-order valence-corrected chi connectivity index (χ1v) is 4.55. The molecule has 0 aromatic carbocycles. The summed E-state index contributed by atoms with van der Waals surface area (Å²) in [5.41, 5.74) is 5.47. The molecule has 1 unspecified atom stereocenters. The average Bonchev–Trinajstić information content (AvgIpc) is 2.04. The van der Waals surface area contributed by atoms with Crippen molar-refractivity contribution in [3.63, 3.8) is 0 Å². The van der Waals surface area contributed by atoms with E-state index < -0.39 is 0 Å². The summed E-state index contributed by atoms with van der Waals surface area (Å²) in [6.07, 6.45) is 3.81. The van der Waals surface area contributed by atoms with Crippen molar-refractivity contribution < 1.29 is 1.43 Å². The van der Waals surface area contributed by atoms with E-state index in [1.54, 1.807) is 0 Å². The second kappa shape index (κ2) is 11.7. The maximum Gasteiger partial charge on any atom is 0 e. The summed E-state index contributed by atoms with van der Waals surface area (Å²) < 4.78 is 0. The number of nitrogens with two attached hydrogens (primary N) is 1. The second-order valence-corrected chi connectivity index (χ2v) is 2.30. The van der Waals surface area contributed by atoms with E-state index in [4.69, 9.17) is 5.73 Å². The molecule has 66 valence electrons. The highest BCUT2D eigenvalue weighted by atomic mass is 14.5. The van der Waals surface area contributed by atoms with Crippen LogP contribution in [0.3, 0.4) is 0 Å². The van der Waals surface area contributed by atoms with Crippen LogP contribution in [-0.4, -0.2) is 6.54 Å². The highest BCUT2D eigenvalue weighted by molar-refractivity contribution is 4.54. The minimum Gasteiger partial charge on any atom is -0.330 e. The van der Waals surface area contributed by atoms with E-state index in [-0.39, 0.29) is 1.43 Å². The molecule has 0 bridgehead atoms. The van der Waals surface area contributed by atoms with Gasteiger partial charge in [0.1, 0.15) is 0 Å². The molecule has 10 heavy (non-hydrogen) atoms. The minimum absolute atomic E-state index is 0. The lowest BCUT2D eigenvalue weighted by Crippen LogP contribution is -2.12. The lowest BCUT2D eigenvalue weighted by molar-refractivity contribution is 0.475. The average molecular weight is 147 g/mol. The lowest BCUT2D eigenvalue weighted by Gasteiger charge is -2.08. The zero-order chi connectivity index (χ0) is 8.41. The minimum atomic E-state index is 0. The molecule has 0 aliphatic heterocycles. The van der Waals surface area contributed by atoms with Crippen molar-refractivity contribution in [2.24, 2.45) is 11.7 Å². The van der Waals surface area contributed by atoms with Gasteiger partial charge in [-0.3, -0.25) is 0 Å². The molecule has 0 amide bonds. The van der Waals surface area contributed by atoms with Crippen LogP contribution in [-0.2, 0) is 0 Å². The largest absolute Gasteiger partial charge is 0.330 e. The zero-order valence-corrected chi connectivity index (χ0v) is 7.98. The number of rotatable bonds is 4. The summed E-state index contributed by atoms with van der Waals surface area (Å²) in [4.78, 5) is 0. The summed E-state index contributed by atoms with van der Waals surface area (Å²) in [7, 11) is 0. The topological polar surface area (TPSA) is 26.0 Å². The van der Waals surface area contributed by atoms with Gasteiger partial charge in [-0.1, -0.05) is 40.5 Å². The third kappa shape index (κ3) is 7.96. The van der Waals surface area contributed by atoms with E-state index in [9.17, 15) is 0 Å². The Bertz CT molecular complexity index is 44.8. The van der Waals surface area contributed by atoms with Gasteiger partial charge in [0.2, 0.25) is 0 Å². The van der Waals surface area contributed by atoms with Gasteiger partial charge in [0, 0.05) is 1.43 Å². The predicted octanol–water partition coefficient (Wildman–Crippen LogP) is 3.04. The Kier molecular flexibility index (Phi) is 14.8. The third-order valence-corrected chi connectivity index (χ3v) is 1.61. The van der Waals surface area contributed by atoms with Gasteiger partial charge in [0.15, 0.2) is 0 Å². The highest BCUT2D eigenvalue weighted by Gasteiger charge is 1.99. The Hall–Kier alpha value is -0.0400. The quantitative estimate of drug-likeness (QED) is 0.650. The van der Waals surface area contributed by atoms with Crippen LogP contribution >= 0.6 is 0 Å². The first-order valence-electron chi connectivity index (χ1n) is 4.55. The Labute approximate surface area is 67.5 Å². The van der Waals surface area contributed by atoms with E-state index in [2.05, 4.69) is 13.8 Å².